The molecule has 0 saturated carbocycles. The summed E-state index contributed by atoms with van der Waals surface area (Å²) in [5.41, 5.74) is 1.01. The van der Waals surface area contributed by atoms with E-state index in [1.54, 1.807) is 0 Å². The number of aromatic nitrogens is 2. The van der Waals surface area contributed by atoms with E-state index in [1.165, 1.54) is 18.6 Å². The maximum Gasteiger partial charge on any atom is 0.127 e. The Hall–Kier alpha value is -0.150. The summed E-state index contributed by atoms with van der Waals surface area (Å²) in [5.74, 6) is 2.44. The van der Waals surface area contributed by atoms with Gasteiger partial charge < -0.3 is 0 Å². The first-order valence-corrected chi connectivity index (χ1v) is 6.10. The molecule has 0 radical (unpaired) electrons. The van der Waals surface area contributed by atoms with E-state index >= 15 is 0 Å². The third-order valence-electron chi connectivity index (χ3n) is 2.29. The Balaban J connectivity index is 2.18. The van der Waals surface area contributed by atoms with Crippen molar-refractivity contribution >= 4 is 23.4 Å². The summed E-state index contributed by atoms with van der Waals surface area (Å²) in [7, 11) is 0. The lowest BCUT2D eigenvalue weighted by Crippen LogP contribution is -2.17. The molecule has 0 aromatic carbocycles. The van der Waals surface area contributed by atoms with Gasteiger partial charge in [0.05, 0.1) is 11.7 Å². The second-order valence-corrected chi connectivity index (χ2v) is 4.96. The zero-order valence-electron chi connectivity index (χ0n) is 7.66. The highest BCUT2D eigenvalue weighted by molar-refractivity contribution is 7.99. The van der Waals surface area contributed by atoms with Crippen LogP contribution in [0.3, 0.4) is 0 Å². The van der Waals surface area contributed by atoms with E-state index in [4.69, 9.17) is 11.6 Å². The van der Waals surface area contributed by atoms with E-state index in [-0.39, 0.29) is 0 Å². The first kappa shape index (κ1) is 9.41. The zero-order valence-corrected chi connectivity index (χ0v) is 9.24. The third-order valence-corrected chi connectivity index (χ3v) is 3.77. The molecule has 1 aliphatic heterocycles. The molecule has 1 fully saturated rings. The Bertz CT molecular complexity index is 292. The molecule has 0 bridgehead atoms. The van der Waals surface area contributed by atoms with Crippen molar-refractivity contribution in [2.24, 2.45) is 0 Å². The first-order chi connectivity index (χ1) is 6.27. The number of hydrogen-bond donors (Lipinski definition) is 0. The number of rotatable bonds is 1. The summed E-state index contributed by atoms with van der Waals surface area (Å²) in [5, 5.41) is 5.19. The van der Waals surface area contributed by atoms with Crippen molar-refractivity contribution in [2.75, 3.05) is 11.5 Å². The van der Waals surface area contributed by atoms with E-state index in [0.717, 1.165) is 16.6 Å². The van der Waals surface area contributed by atoms with Gasteiger partial charge in [0.15, 0.2) is 0 Å². The average Bonchev–Trinajstić information content (AvgIpc) is 2.47. The molecule has 1 unspecified atom stereocenters. The molecule has 1 aromatic heterocycles. The number of hydrogen-bond acceptors (Lipinski definition) is 2. The predicted molar refractivity (Wildman–Crippen MR) is 57.6 cm³/mol. The van der Waals surface area contributed by atoms with Gasteiger partial charge in [-0.1, -0.05) is 11.6 Å². The smallest absolute Gasteiger partial charge is 0.127 e. The molecule has 2 heterocycles. The molecule has 72 valence electrons. The molecular weight excluding hydrogens is 204 g/mol. The first-order valence-electron chi connectivity index (χ1n) is 4.57. The number of halogens is 1. The van der Waals surface area contributed by atoms with Gasteiger partial charge in [-0.25, -0.2) is 4.68 Å². The van der Waals surface area contributed by atoms with Gasteiger partial charge in [-0.2, -0.15) is 16.9 Å². The fourth-order valence-electron chi connectivity index (χ4n) is 1.66. The van der Waals surface area contributed by atoms with Crippen LogP contribution in [-0.4, -0.2) is 21.3 Å². The lowest BCUT2D eigenvalue weighted by Gasteiger charge is -2.22. The quantitative estimate of drug-likeness (QED) is 0.719. The number of nitrogens with zero attached hydrogens (tertiary/aromatic N) is 2. The summed E-state index contributed by atoms with van der Waals surface area (Å²) in [6, 6.07) is 2.45. The SMILES string of the molecule is Cc1cc(Cl)n(C2CCCSC2)n1. The van der Waals surface area contributed by atoms with Crippen LogP contribution in [0.2, 0.25) is 5.15 Å². The largest absolute Gasteiger partial charge is 0.250 e. The average molecular weight is 217 g/mol. The fraction of sp³-hybridized carbons (Fsp3) is 0.667. The molecule has 1 atom stereocenters. The predicted octanol–water partition coefficient (Wildman–Crippen LogP) is 2.91. The van der Waals surface area contributed by atoms with E-state index in [0.29, 0.717) is 6.04 Å². The summed E-state index contributed by atoms with van der Waals surface area (Å²) >= 11 is 8.07. The second kappa shape index (κ2) is 3.93. The van der Waals surface area contributed by atoms with Crippen molar-refractivity contribution in [1.82, 2.24) is 9.78 Å². The maximum absolute atomic E-state index is 6.07. The van der Waals surface area contributed by atoms with Crippen LogP contribution in [0, 0.1) is 6.92 Å². The Morgan fingerprint density at radius 3 is 3.08 bits per heavy atom. The maximum atomic E-state index is 6.07. The Morgan fingerprint density at radius 1 is 1.69 bits per heavy atom. The van der Waals surface area contributed by atoms with Crippen molar-refractivity contribution in [1.29, 1.82) is 0 Å². The van der Waals surface area contributed by atoms with Crippen LogP contribution >= 0.6 is 23.4 Å². The molecule has 0 N–H and O–H groups in total. The van der Waals surface area contributed by atoms with Crippen LogP contribution in [-0.2, 0) is 0 Å². The van der Waals surface area contributed by atoms with Crippen LogP contribution in [0.1, 0.15) is 24.6 Å². The molecule has 1 aromatic rings. The van der Waals surface area contributed by atoms with E-state index in [2.05, 4.69) is 5.10 Å². The minimum Gasteiger partial charge on any atom is -0.250 e. The van der Waals surface area contributed by atoms with Crippen LogP contribution in [0.15, 0.2) is 6.07 Å². The molecule has 13 heavy (non-hydrogen) atoms. The molecule has 0 amide bonds. The third kappa shape index (κ3) is 2.02. The number of aryl methyl sites for hydroxylation is 1. The highest BCUT2D eigenvalue weighted by Gasteiger charge is 2.18. The molecular formula is C9H13ClN2S. The Labute approximate surface area is 87.6 Å². The van der Waals surface area contributed by atoms with Gasteiger partial charge in [-0.05, 0) is 31.6 Å². The van der Waals surface area contributed by atoms with Gasteiger partial charge in [0.1, 0.15) is 5.15 Å². The highest BCUT2D eigenvalue weighted by Crippen LogP contribution is 2.28. The summed E-state index contributed by atoms with van der Waals surface area (Å²) < 4.78 is 1.98. The topological polar surface area (TPSA) is 17.8 Å². The van der Waals surface area contributed by atoms with Crippen molar-refractivity contribution in [3.8, 4) is 0 Å². The molecule has 0 spiro atoms. The van der Waals surface area contributed by atoms with Crippen LogP contribution < -0.4 is 0 Å². The van der Waals surface area contributed by atoms with Crippen molar-refractivity contribution in [3.63, 3.8) is 0 Å². The highest BCUT2D eigenvalue weighted by atomic mass is 35.5. The van der Waals surface area contributed by atoms with Crippen molar-refractivity contribution < 1.29 is 0 Å². The lowest BCUT2D eigenvalue weighted by atomic mass is 10.2. The molecule has 2 rings (SSSR count). The van der Waals surface area contributed by atoms with Crippen molar-refractivity contribution in [2.45, 2.75) is 25.8 Å². The summed E-state index contributed by atoms with van der Waals surface area (Å²) in [6.45, 7) is 1.98. The molecule has 2 nitrogen and oxygen atoms in total. The summed E-state index contributed by atoms with van der Waals surface area (Å²) in [4.78, 5) is 0. The second-order valence-electron chi connectivity index (χ2n) is 3.42. The standard InChI is InChI=1S/C9H13ClN2S/c1-7-5-9(10)12(11-7)8-3-2-4-13-6-8/h5,8H,2-4,6H2,1H3. The van der Waals surface area contributed by atoms with Gasteiger partial charge in [-0.15, -0.1) is 0 Å². The zero-order chi connectivity index (χ0) is 9.26. The van der Waals surface area contributed by atoms with Gasteiger partial charge in [-0.3, -0.25) is 0 Å². The van der Waals surface area contributed by atoms with Gasteiger partial charge in [0.25, 0.3) is 0 Å². The van der Waals surface area contributed by atoms with Gasteiger partial charge in [0, 0.05) is 5.75 Å². The minimum absolute atomic E-state index is 0.514. The number of thioether (sulfide) groups is 1. The van der Waals surface area contributed by atoms with Crippen LogP contribution in [0.4, 0.5) is 0 Å². The normalized spacial score (nSPS) is 23.4. The van der Waals surface area contributed by atoms with Crippen LogP contribution in [0.25, 0.3) is 0 Å². The van der Waals surface area contributed by atoms with Crippen molar-refractivity contribution in [3.05, 3.63) is 16.9 Å². The lowest BCUT2D eigenvalue weighted by molar-refractivity contribution is 0.453. The molecule has 4 heteroatoms. The Morgan fingerprint density at radius 2 is 2.54 bits per heavy atom. The van der Waals surface area contributed by atoms with Gasteiger partial charge in [0.2, 0.25) is 0 Å². The molecule has 0 aliphatic carbocycles. The Kier molecular flexibility index (Phi) is 2.84. The molecule has 1 aliphatic rings. The van der Waals surface area contributed by atoms with E-state index in [1.807, 2.05) is 29.4 Å². The van der Waals surface area contributed by atoms with E-state index in [9.17, 15) is 0 Å². The van der Waals surface area contributed by atoms with E-state index < -0.39 is 0 Å². The monoisotopic (exact) mass is 216 g/mol. The minimum atomic E-state index is 0.514. The fourth-order valence-corrected chi connectivity index (χ4v) is 3.11. The molecule has 1 saturated heterocycles. The van der Waals surface area contributed by atoms with Crippen LogP contribution in [0.5, 0.6) is 0 Å². The summed E-state index contributed by atoms with van der Waals surface area (Å²) in [6.07, 6.45) is 2.50. The van der Waals surface area contributed by atoms with Gasteiger partial charge >= 0.3 is 0 Å².